The SMILES string of the molecule is COc1cc2c(Cl)c3cc(C)c(C)cc3nc2cc1C. The smallest absolute Gasteiger partial charge is 0.122 e. The lowest BCUT2D eigenvalue weighted by Gasteiger charge is -2.11. The molecule has 102 valence electrons. The summed E-state index contributed by atoms with van der Waals surface area (Å²) in [5.41, 5.74) is 5.36. The Balaban J connectivity index is 2.47. The number of pyridine rings is 1. The second-order valence-corrected chi connectivity index (χ2v) is 5.60. The summed E-state index contributed by atoms with van der Waals surface area (Å²) in [5.74, 6) is 0.837. The summed E-state index contributed by atoms with van der Waals surface area (Å²) >= 11 is 6.58. The second kappa shape index (κ2) is 4.64. The average molecular weight is 286 g/mol. The Bertz CT molecular complexity index is 840. The summed E-state index contributed by atoms with van der Waals surface area (Å²) in [6.45, 7) is 6.19. The zero-order valence-electron chi connectivity index (χ0n) is 12.0. The Hall–Kier alpha value is -1.80. The number of ether oxygens (including phenoxy) is 1. The van der Waals surface area contributed by atoms with Crippen LogP contribution in [-0.2, 0) is 0 Å². The molecule has 2 aromatic carbocycles. The molecule has 0 N–H and O–H groups in total. The summed E-state index contributed by atoms with van der Waals surface area (Å²) in [5, 5.41) is 2.67. The minimum absolute atomic E-state index is 0.742. The van der Waals surface area contributed by atoms with Gasteiger partial charge in [-0.15, -0.1) is 0 Å². The highest BCUT2D eigenvalue weighted by atomic mass is 35.5. The molecule has 20 heavy (non-hydrogen) atoms. The van der Waals surface area contributed by atoms with Gasteiger partial charge in [-0.1, -0.05) is 11.6 Å². The van der Waals surface area contributed by atoms with Crippen LogP contribution in [0.1, 0.15) is 16.7 Å². The number of aromatic nitrogens is 1. The normalized spacial score (nSPS) is 11.2. The topological polar surface area (TPSA) is 22.1 Å². The number of hydrogen-bond donors (Lipinski definition) is 0. The molecule has 0 radical (unpaired) electrons. The number of hydrogen-bond acceptors (Lipinski definition) is 2. The van der Waals surface area contributed by atoms with Gasteiger partial charge in [-0.2, -0.15) is 0 Å². The predicted octanol–water partition coefficient (Wildman–Crippen LogP) is 4.98. The van der Waals surface area contributed by atoms with E-state index in [2.05, 4.69) is 26.0 Å². The van der Waals surface area contributed by atoms with Crippen LogP contribution in [0, 0.1) is 20.8 Å². The van der Waals surface area contributed by atoms with Gasteiger partial charge in [-0.05, 0) is 61.7 Å². The third-order valence-electron chi connectivity index (χ3n) is 3.84. The van der Waals surface area contributed by atoms with Gasteiger partial charge in [0.25, 0.3) is 0 Å². The van der Waals surface area contributed by atoms with Crippen LogP contribution in [0.5, 0.6) is 5.75 Å². The van der Waals surface area contributed by atoms with E-state index in [1.165, 1.54) is 11.1 Å². The fraction of sp³-hybridized carbons (Fsp3) is 0.235. The number of aryl methyl sites for hydroxylation is 3. The van der Waals surface area contributed by atoms with Gasteiger partial charge in [0.2, 0.25) is 0 Å². The molecule has 3 rings (SSSR count). The van der Waals surface area contributed by atoms with Crippen LogP contribution in [-0.4, -0.2) is 12.1 Å². The number of rotatable bonds is 1. The molecule has 1 aromatic heterocycles. The van der Waals surface area contributed by atoms with E-state index in [1.807, 2.05) is 19.1 Å². The minimum atomic E-state index is 0.742. The first-order chi connectivity index (χ1) is 9.51. The molecule has 0 bridgehead atoms. The van der Waals surface area contributed by atoms with Crippen LogP contribution in [0.4, 0.5) is 0 Å². The van der Waals surface area contributed by atoms with E-state index >= 15 is 0 Å². The van der Waals surface area contributed by atoms with Crippen LogP contribution < -0.4 is 4.74 Å². The molecule has 0 aliphatic carbocycles. The van der Waals surface area contributed by atoms with Crippen molar-refractivity contribution < 1.29 is 4.74 Å². The van der Waals surface area contributed by atoms with Gasteiger partial charge in [-0.25, -0.2) is 4.98 Å². The molecule has 0 unspecified atom stereocenters. The zero-order chi connectivity index (χ0) is 14.4. The standard InChI is InChI=1S/C17H16ClNO/c1-9-5-12-14(6-10(9)2)19-15-7-11(3)16(20-4)8-13(15)17(12)18/h5-8H,1-4H3. The molecule has 0 aliphatic heterocycles. The van der Waals surface area contributed by atoms with Crippen molar-refractivity contribution in [2.75, 3.05) is 7.11 Å². The molecule has 0 aliphatic rings. The molecule has 0 spiro atoms. The molecule has 3 heteroatoms. The van der Waals surface area contributed by atoms with Gasteiger partial charge in [0.15, 0.2) is 0 Å². The number of halogens is 1. The zero-order valence-corrected chi connectivity index (χ0v) is 12.8. The molecular formula is C17H16ClNO. The number of fused-ring (bicyclic) bond motifs is 2. The third kappa shape index (κ3) is 1.92. The molecule has 3 aromatic rings. The van der Waals surface area contributed by atoms with E-state index in [9.17, 15) is 0 Å². The molecule has 2 nitrogen and oxygen atoms in total. The van der Waals surface area contributed by atoms with E-state index in [-0.39, 0.29) is 0 Å². The van der Waals surface area contributed by atoms with Crippen LogP contribution in [0.25, 0.3) is 21.8 Å². The highest BCUT2D eigenvalue weighted by molar-refractivity contribution is 6.40. The minimum Gasteiger partial charge on any atom is -0.496 e. The van der Waals surface area contributed by atoms with E-state index < -0.39 is 0 Å². The number of methoxy groups -OCH3 is 1. The van der Waals surface area contributed by atoms with Gasteiger partial charge in [0, 0.05) is 10.8 Å². The average Bonchev–Trinajstić information content (AvgIpc) is 2.41. The molecule has 0 amide bonds. The maximum absolute atomic E-state index is 6.58. The van der Waals surface area contributed by atoms with Gasteiger partial charge in [0.1, 0.15) is 5.75 Å². The second-order valence-electron chi connectivity index (χ2n) is 5.22. The Morgan fingerprint density at radius 1 is 0.850 bits per heavy atom. The largest absolute Gasteiger partial charge is 0.496 e. The molecular weight excluding hydrogens is 270 g/mol. The Morgan fingerprint density at radius 3 is 2.05 bits per heavy atom. The summed E-state index contributed by atoms with van der Waals surface area (Å²) < 4.78 is 5.38. The molecule has 0 saturated heterocycles. The first-order valence-electron chi connectivity index (χ1n) is 6.56. The Labute approximate surface area is 123 Å². The maximum atomic E-state index is 6.58. The third-order valence-corrected chi connectivity index (χ3v) is 4.25. The van der Waals surface area contributed by atoms with E-state index in [1.54, 1.807) is 7.11 Å². The van der Waals surface area contributed by atoms with E-state index in [0.717, 1.165) is 38.1 Å². The fourth-order valence-corrected chi connectivity index (χ4v) is 2.81. The van der Waals surface area contributed by atoms with Crippen LogP contribution in [0.2, 0.25) is 5.02 Å². The van der Waals surface area contributed by atoms with Gasteiger partial charge in [-0.3, -0.25) is 0 Å². The van der Waals surface area contributed by atoms with Crippen molar-refractivity contribution in [3.63, 3.8) is 0 Å². The van der Waals surface area contributed by atoms with Crippen LogP contribution >= 0.6 is 11.6 Å². The molecule has 0 fully saturated rings. The summed E-state index contributed by atoms with van der Waals surface area (Å²) in [7, 11) is 1.67. The van der Waals surface area contributed by atoms with Crippen molar-refractivity contribution in [1.82, 2.24) is 4.98 Å². The lowest BCUT2D eigenvalue weighted by atomic mass is 10.0. The van der Waals surface area contributed by atoms with Crippen molar-refractivity contribution in [2.45, 2.75) is 20.8 Å². The lowest BCUT2D eigenvalue weighted by Crippen LogP contribution is -1.92. The first kappa shape index (κ1) is 13.2. The quantitative estimate of drug-likeness (QED) is 0.589. The monoisotopic (exact) mass is 285 g/mol. The fourth-order valence-electron chi connectivity index (χ4n) is 2.51. The van der Waals surface area contributed by atoms with Crippen LogP contribution in [0.3, 0.4) is 0 Å². The van der Waals surface area contributed by atoms with Crippen molar-refractivity contribution in [2.24, 2.45) is 0 Å². The van der Waals surface area contributed by atoms with Gasteiger partial charge < -0.3 is 4.74 Å². The van der Waals surface area contributed by atoms with Crippen molar-refractivity contribution in [1.29, 1.82) is 0 Å². The maximum Gasteiger partial charge on any atom is 0.122 e. The lowest BCUT2D eigenvalue weighted by molar-refractivity contribution is 0.412. The summed E-state index contributed by atoms with van der Waals surface area (Å²) in [4.78, 5) is 4.74. The highest BCUT2D eigenvalue weighted by Gasteiger charge is 2.11. The predicted molar refractivity (Wildman–Crippen MR) is 85.0 cm³/mol. The molecule has 0 saturated carbocycles. The molecule has 0 atom stereocenters. The van der Waals surface area contributed by atoms with Crippen molar-refractivity contribution in [3.8, 4) is 5.75 Å². The van der Waals surface area contributed by atoms with Crippen molar-refractivity contribution >= 4 is 33.4 Å². The summed E-state index contributed by atoms with van der Waals surface area (Å²) in [6, 6.07) is 8.19. The van der Waals surface area contributed by atoms with Gasteiger partial charge in [0.05, 0.1) is 23.2 Å². The Morgan fingerprint density at radius 2 is 1.40 bits per heavy atom. The molecule has 1 heterocycles. The number of nitrogens with zero attached hydrogens (tertiary/aromatic N) is 1. The highest BCUT2D eigenvalue weighted by Crippen LogP contribution is 2.35. The number of benzene rings is 2. The Kier molecular flexibility index (Phi) is 3.06. The summed E-state index contributed by atoms with van der Waals surface area (Å²) in [6.07, 6.45) is 0. The van der Waals surface area contributed by atoms with E-state index in [0.29, 0.717) is 0 Å². The van der Waals surface area contributed by atoms with Crippen molar-refractivity contribution in [3.05, 3.63) is 46.0 Å². The van der Waals surface area contributed by atoms with E-state index in [4.69, 9.17) is 21.3 Å². The van der Waals surface area contributed by atoms with Crippen LogP contribution in [0.15, 0.2) is 24.3 Å². The first-order valence-corrected chi connectivity index (χ1v) is 6.94. The van der Waals surface area contributed by atoms with Gasteiger partial charge >= 0.3 is 0 Å².